The van der Waals surface area contributed by atoms with Crippen LogP contribution in [0.1, 0.15) is 25.5 Å². The minimum absolute atomic E-state index is 0.0768. The highest BCUT2D eigenvalue weighted by Crippen LogP contribution is 2.24. The molecule has 8 nitrogen and oxygen atoms in total. The molecule has 0 saturated carbocycles. The van der Waals surface area contributed by atoms with Gasteiger partial charge in [0.2, 0.25) is 5.91 Å². The van der Waals surface area contributed by atoms with E-state index >= 15 is 0 Å². The van der Waals surface area contributed by atoms with Crippen LogP contribution in [0.3, 0.4) is 0 Å². The number of benzene rings is 2. The molecule has 0 fully saturated rings. The number of nitrogens with zero attached hydrogens (tertiary/aromatic N) is 3. The Labute approximate surface area is 167 Å². The molecule has 0 bridgehead atoms. The molecule has 3 aromatic rings. The van der Waals surface area contributed by atoms with Crippen LogP contribution in [0.5, 0.6) is 5.75 Å². The van der Waals surface area contributed by atoms with Gasteiger partial charge in [0.15, 0.2) is 6.10 Å². The number of nitro groups is 1. The maximum Gasteiger partial charge on any atom is 0.295 e. The van der Waals surface area contributed by atoms with Gasteiger partial charge in [0, 0.05) is 6.07 Å². The monoisotopic (exact) mass is 392 g/mol. The number of para-hydroxylation sites is 1. The van der Waals surface area contributed by atoms with Crippen molar-refractivity contribution in [3.8, 4) is 18.1 Å². The second kappa shape index (κ2) is 8.44. The predicted octanol–water partition coefficient (Wildman–Crippen LogP) is 3.22. The highest BCUT2D eigenvalue weighted by Gasteiger charge is 2.18. The van der Waals surface area contributed by atoms with Crippen LogP contribution in [0.15, 0.2) is 48.8 Å². The van der Waals surface area contributed by atoms with E-state index in [1.165, 1.54) is 17.0 Å². The lowest BCUT2D eigenvalue weighted by Crippen LogP contribution is -2.30. The number of hydrogen-bond acceptors (Lipinski definition) is 5. The lowest BCUT2D eigenvalue weighted by Gasteiger charge is -2.16. The molecule has 0 radical (unpaired) electrons. The van der Waals surface area contributed by atoms with Crippen LogP contribution in [0, 0.1) is 22.5 Å². The van der Waals surface area contributed by atoms with Crippen LogP contribution in [-0.4, -0.2) is 26.5 Å². The Morgan fingerprint density at radius 2 is 2.03 bits per heavy atom. The van der Waals surface area contributed by atoms with E-state index in [4.69, 9.17) is 11.2 Å². The van der Waals surface area contributed by atoms with Gasteiger partial charge in [-0.05, 0) is 37.6 Å². The zero-order valence-electron chi connectivity index (χ0n) is 16.0. The lowest BCUT2D eigenvalue weighted by molar-refractivity contribution is -0.383. The van der Waals surface area contributed by atoms with E-state index < -0.39 is 4.92 Å². The first-order valence-electron chi connectivity index (χ1n) is 8.99. The van der Waals surface area contributed by atoms with Gasteiger partial charge in [-0.15, -0.1) is 6.42 Å². The average molecular weight is 392 g/mol. The average Bonchev–Trinajstić information content (AvgIpc) is 3.11. The van der Waals surface area contributed by atoms with Gasteiger partial charge in [0.25, 0.3) is 5.69 Å². The van der Waals surface area contributed by atoms with Crippen molar-refractivity contribution in [3.63, 3.8) is 0 Å². The predicted molar refractivity (Wildman–Crippen MR) is 108 cm³/mol. The zero-order chi connectivity index (χ0) is 21.0. The number of amides is 1. The minimum atomic E-state index is -0.480. The standard InChI is InChI=1S/C21H20N4O4/c1-4-14(2)29-17-10-8-16(9-11-17)15(3)23-20(26)12-24-13-22-18-6-5-7-19(21(18)24)25(27)28/h1,5-11,13-15H,12H2,2-3H3,(H,23,26)/t14-,15?/m0/s1. The molecular formula is C21H20N4O4. The second-order valence-corrected chi connectivity index (χ2v) is 6.56. The number of non-ortho nitro benzene ring substituents is 1. The molecule has 3 rings (SSSR count). The Morgan fingerprint density at radius 3 is 2.69 bits per heavy atom. The molecule has 0 aliphatic rings. The summed E-state index contributed by atoms with van der Waals surface area (Å²) >= 11 is 0. The summed E-state index contributed by atoms with van der Waals surface area (Å²) in [5, 5.41) is 14.2. The fraction of sp³-hybridized carbons (Fsp3) is 0.238. The van der Waals surface area contributed by atoms with Gasteiger partial charge in [-0.25, -0.2) is 4.98 Å². The summed E-state index contributed by atoms with van der Waals surface area (Å²) in [7, 11) is 0. The molecule has 1 aromatic heterocycles. The lowest BCUT2D eigenvalue weighted by atomic mass is 10.1. The van der Waals surface area contributed by atoms with E-state index in [1.807, 2.05) is 19.1 Å². The number of imidazole rings is 1. The molecule has 0 spiro atoms. The molecular weight excluding hydrogens is 372 g/mol. The molecule has 1 N–H and O–H groups in total. The van der Waals surface area contributed by atoms with E-state index in [0.29, 0.717) is 16.8 Å². The number of rotatable bonds is 7. The van der Waals surface area contributed by atoms with E-state index in [2.05, 4.69) is 16.2 Å². The van der Waals surface area contributed by atoms with Crippen molar-refractivity contribution in [1.82, 2.24) is 14.9 Å². The van der Waals surface area contributed by atoms with Crippen LogP contribution >= 0.6 is 0 Å². The molecule has 1 heterocycles. The molecule has 1 amide bonds. The van der Waals surface area contributed by atoms with Gasteiger partial charge in [0.1, 0.15) is 17.8 Å². The summed E-state index contributed by atoms with van der Waals surface area (Å²) in [4.78, 5) is 27.4. The first-order chi connectivity index (χ1) is 13.9. The van der Waals surface area contributed by atoms with Gasteiger partial charge >= 0.3 is 0 Å². The Hall–Kier alpha value is -3.86. The van der Waals surface area contributed by atoms with Crippen LogP contribution in [0.25, 0.3) is 11.0 Å². The van der Waals surface area contributed by atoms with Crippen molar-refractivity contribution < 1.29 is 14.5 Å². The second-order valence-electron chi connectivity index (χ2n) is 6.56. The Kier molecular flexibility index (Phi) is 5.79. The summed E-state index contributed by atoms with van der Waals surface area (Å²) in [6, 6.07) is 11.7. The molecule has 0 aliphatic carbocycles. The fourth-order valence-corrected chi connectivity index (χ4v) is 2.97. The van der Waals surface area contributed by atoms with E-state index in [0.717, 1.165) is 5.56 Å². The van der Waals surface area contributed by atoms with Gasteiger partial charge in [-0.3, -0.25) is 14.9 Å². The number of ether oxygens (including phenoxy) is 1. The molecule has 29 heavy (non-hydrogen) atoms. The Morgan fingerprint density at radius 1 is 1.31 bits per heavy atom. The largest absolute Gasteiger partial charge is 0.478 e. The smallest absolute Gasteiger partial charge is 0.295 e. The third-order valence-electron chi connectivity index (χ3n) is 4.43. The summed E-state index contributed by atoms with van der Waals surface area (Å²) in [6.07, 6.45) is 6.41. The number of nitrogens with one attached hydrogen (secondary N) is 1. The number of hydrogen-bond donors (Lipinski definition) is 1. The van der Waals surface area contributed by atoms with Crippen LogP contribution in [0.4, 0.5) is 5.69 Å². The maximum absolute atomic E-state index is 12.5. The van der Waals surface area contributed by atoms with E-state index in [9.17, 15) is 14.9 Å². The minimum Gasteiger partial charge on any atom is -0.478 e. The topological polar surface area (TPSA) is 99.3 Å². The molecule has 8 heteroatoms. The first-order valence-corrected chi connectivity index (χ1v) is 8.99. The first kappa shape index (κ1) is 19.9. The van der Waals surface area contributed by atoms with E-state index in [1.54, 1.807) is 31.2 Å². The van der Waals surface area contributed by atoms with Crippen molar-refractivity contribution >= 4 is 22.6 Å². The van der Waals surface area contributed by atoms with Crippen molar-refractivity contribution in [2.75, 3.05) is 0 Å². The van der Waals surface area contributed by atoms with Crippen LogP contribution in [0.2, 0.25) is 0 Å². The number of fused-ring (bicyclic) bond motifs is 1. The third kappa shape index (κ3) is 4.52. The molecule has 2 aromatic carbocycles. The number of terminal acetylenes is 1. The van der Waals surface area contributed by atoms with Gasteiger partial charge in [-0.1, -0.05) is 24.1 Å². The SMILES string of the molecule is C#C[C@H](C)Oc1ccc(C(C)NC(=O)Cn2cnc3cccc([N+](=O)[O-])c32)cc1. The third-order valence-corrected chi connectivity index (χ3v) is 4.43. The number of carbonyl (C=O) groups excluding carboxylic acids is 1. The highest BCUT2D eigenvalue weighted by atomic mass is 16.6. The van der Waals surface area contributed by atoms with Crippen molar-refractivity contribution in [3.05, 3.63) is 64.5 Å². The summed E-state index contributed by atoms with van der Waals surface area (Å²) in [5.41, 5.74) is 1.60. The molecule has 2 atom stereocenters. The van der Waals surface area contributed by atoms with Crippen molar-refractivity contribution in [2.24, 2.45) is 0 Å². The van der Waals surface area contributed by atoms with Crippen LogP contribution in [-0.2, 0) is 11.3 Å². The number of carbonyl (C=O) groups is 1. The number of nitro benzene ring substituents is 1. The number of aromatic nitrogens is 2. The fourth-order valence-electron chi connectivity index (χ4n) is 2.97. The molecule has 148 valence electrons. The Bertz CT molecular complexity index is 1080. The molecule has 0 aliphatic heterocycles. The molecule has 0 saturated heterocycles. The van der Waals surface area contributed by atoms with Gasteiger partial charge in [-0.2, -0.15) is 0 Å². The Balaban J connectivity index is 1.69. The molecule has 1 unspecified atom stereocenters. The van der Waals surface area contributed by atoms with Gasteiger partial charge < -0.3 is 14.6 Å². The van der Waals surface area contributed by atoms with Gasteiger partial charge in [0.05, 0.1) is 22.8 Å². The zero-order valence-corrected chi connectivity index (χ0v) is 16.0. The highest BCUT2D eigenvalue weighted by molar-refractivity contribution is 5.87. The quantitative estimate of drug-likeness (QED) is 0.378. The van der Waals surface area contributed by atoms with Crippen molar-refractivity contribution in [1.29, 1.82) is 0 Å². The summed E-state index contributed by atoms with van der Waals surface area (Å²) in [5.74, 6) is 2.86. The summed E-state index contributed by atoms with van der Waals surface area (Å²) in [6.45, 7) is 3.56. The summed E-state index contributed by atoms with van der Waals surface area (Å²) < 4.78 is 7.01. The van der Waals surface area contributed by atoms with Crippen LogP contribution < -0.4 is 10.1 Å². The van der Waals surface area contributed by atoms with Crippen molar-refractivity contribution in [2.45, 2.75) is 32.5 Å². The normalized spacial score (nSPS) is 12.7. The maximum atomic E-state index is 12.5. The van der Waals surface area contributed by atoms with E-state index in [-0.39, 0.29) is 30.3 Å².